The van der Waals surface area contributed by atoms with Crippen LogP contribution in [0.4, 0.5) is 11.4 Å². The standard InChI is InChI=1S/C12H10ClN3O4S/c13-12-7-10(5-6-14-12)15-21(19,20)8-9-1-3-11(4-2-9)16(17)18/h1-7H,8H2,(H,14,15). The van der Waals surface area contributed by atoms with Gasteiger partial charge < -0.3 is 0 Å². The van der Waals surface area contributed by atoms with E-state index in [9.17, 15) is 18.5 Å². The number of rotatable bonds is 5. The topological polar surface area (TPSA) is 102 Å². The van der Waals surface area contributed by atoms with Gasteiger partial charge in [0.05, 0.1) is 16.4 Å². The van der Waals surface area contributed by atoms with Crippen LogP contribution >= 0.6 is 11.6 Å². The van der Waals surface area contributed by atoms with E-state index in [2.05, 4.69) is 9.71 Å². The summed E-state index contributed by atoms with van der Waals surface area (Å²) in [5.41, 5.74) is 0.648. The summed E-state index contributed by atoms with van der Waals surface area (Å²) in [6, 6.07) is 8.17. The second kappa shape index (κ2) is 6.06. The normalized spacial score (nSPS) is 11.1. The van der Waals surface area contributed by atoms with Gasteiger partial charge in [0.1, 0.15) is 5.15 Å². The maximum absolute atomic E-state index is 12.0. The largest absolute Gasteiger partial charge is 0.283 e. The summed E-state index contributed by atoms with van der Waals surface area (Å²) in [6.07, 6.45) is 1.38. The summed E-state index contributed by atoms with van der Waals surface area (Å²) in [5.74, 6) is -0.301. The van der Waals surface area contributed by atoms with Crippen LogP contribution in [0, 0.1) is 10.1 Å². The minimum absolute atomic E-state index is 0.0926. The van der Waals surface area contributed by atoms with Crippen LogP contribution in [0.5, 0.6) is 0 Å². The third-order valence-corrected chi connectivity index (χ3v) is 3.97. The molecule has 2 aromatic rings. The summed E-state index contributed by atoms with van der Waals surface area (Å²) in [5, 5.41) is 10.7. The number of nitro groups is 1. The van der Waals surface area contributed by atoms with Crippen molar-refractivity contribution in [1.29, 1.82) is 0 Å². The molecule has 0 saturated carbocycles. The van der Waals surface area contributed by atoms with E-state index in [-0.39, 0.29) is 16.6 Å². The van der Waals surface area contributed by atoms with E-state index >= 15 is 0 Å². The predicted molar refractivity (Wildman–Crippen MR) is 78.6 cm³/mol. The van der Waals surface area contributed by atoms with Gasteiger partial charge in [-0.3, -0.25) is 14.8 Å². The average Bonchev–Trinajstić information content (AvgIpc) is 2.38. The number of sulfonamides is 1. The van der Waals surface area contributed by atoms with E-state index in [1.807, 2.05) is 0 Å². The van der Waals surface area contributed by atoms with E-state index in [4.69, 9.17) is 11.6 Å². The number of pyridine rings is 1. The Morgan fingerprint density at radius 3 is 2.48 bits per heavy atom. The molecule has 2 rings (SSSR count). The second-order valence-electron chi connectivity index (χ2n) is 4.15. The van der Waals surface area contributed by atoms with E-state index in [1.165, 1.54) is 42.6 Å². The van der Waals surface area contributed by atoms with Gasteiger partial charge >= 0.3 is 0 Å². The first-order valence-corrected chi connectivity index (χ1v) is 7.74. The lowest BCUT2D eigenvalue weighted by molar-refractivity contribution is -0.384. The molecule has 0 atom stereocenters. The first-order valence-electron chi connectivity index (χ1n) is 5.71. The minimum Gasteiger partial charge on any atom is -0.283 e. The average molecular weight is 328 g/mol. The molecule has 0 fully saturated rings. The zero-order valence-corrected chi connectivity index (χ0v) is 12.1. The lowest BCUT2D eigenvalue weighted by Gasteiger charge is -2.08. The van der Waals surface area contributed by atoms with Gasteiger partial charge in [-0.25, -0.2) is 13.4 Å². The summed E-state index contributed by atoms with van der Waals surface area (Å²) in [4.78, 5) is 13.7. The van der Waals surface area contributed by atoms with Crippen LogP contribution < -0.4 is 4.72 Å². The number of anilines is 1. The van der Waals surface area contributed by atoms with Crippen molar-refractivity contribution < 1.29 is 13.3 Å². The number of nitrogens with one attached hydrogen (secondary N) is 1. The summed E-state index contributed by atoms with van der Waals surface area (Å²) >= 11 is 5.67. The van der Waals surface area contributed by atoms with Gasteiger partial charge in [-0.15, -0.1) is 0 Å². The Kier molecular flexibility index (Phi) is 4.39. The SMILES string of the molecule is O=[N+]([O-])c1ccc(CS(=O)(=O)Nc2ccnc(Cl)c2)cc1. The number of benzene rings is 1. The Balaban J connectivity index is 2.12. The highest BCUT2D eigenvalue weighted by Gasteiger charge is 2.13. The molecule has 110 valence electrons. The van der Waals surface area contributed by atoms with Gasteiger partial charge in [-0.05, 0) is 17.7 Å². The van der Waals surface area contributed by atoms with Crippen LogP contribution in [-0.4, -0.2) is 18.3 Å². The molecule has 1 aromatic carbocycles. The van der Waals surface area contributed by atoms with Crippen molar-refractivity contribution in [3.05, 3.63) is 63.4 Å². The van der Waals surface area contributed by atoms with Gasteiger partial charge in [0.15, 0.2) is 0 Å². The molecule has 0 spiro atoms. The van der Waals surface area contributed by atoms with Gasteiger partial charge in [-0.1, -0.05) is 23.7 Å². The highest BCUT2D eigenvalue weighted by Crippen LogP contribution is 2.17. The first-order chi connectivity index (χ1) is 9.85. The number of nitro benzene ring substituents is 1. The van der Waals surface area contributed by atoms with Crippen molar-refractivity contribution in [1.82, 2.24) is 4.98 Å². The van der Waals surface area contributed by atoms with Gasteiger partial charge in [-0.2, -0.15) is 0 Å². The third kappa shape index (κ3) is 4.40. The van der Waals surface area contributed by atoms with Crippen LogP contribution in [0.15, 0.2) is 42.6 Å². The maximum Gasteiger partial charge on any atom is 0.269 e. The Morgan fingerprint density at radius 1 is 1.24 bits per heavy atom. The zero-order valence-electron chi connectivity index (χ0n) is 10.6. The Labute approximate surface area is 125 Å². The molecule has 1 aromatic heterocycles. The summed E-state index contributed by atoms with van der Waals surface area (Å²) in [6.45, 7) is 0. The molecule has 1 heterocycles. The highest BCUT2D eigenvalue weighted by atomic mass is 35.5. The smallest absolute Gasteiger partial charge is 0.269 e. The van der Waals surface area contributed by atoms with Crippen molar-refractivity contribution in [3.8, 4) is 0 Å². The Hall–Kier alpha value is -2.19. The number of hydrogen-bond donors (Lipinski definition) is 1. The number of halogens is 1. The van der Waals surface area contributed by atoms with Crippen molar-refractivity contribution in [2.24, 2.45) is 0 Å². The lowest BCUT2D eigenvalue weighted by Crippen LogP contribution is -2.15. The molecule has 0 aliphatic rings. The number of hydrogen-bond acceptors (Lipinski definition) is 5. The molecular weight excluding hydrogens is 318 g/mol. The molecule has 0 amide bonds. The lowest BCUT2D eigenvalue weighted by atomic mass is 10.2. The molecule has 0 saturated heterocycles. The van der Waals surface area contributed by atoms with Crippen molar-refractivity contribution in [3.63, 3.8) is 0 Å². The maximum atomic E-state index is 12.0. The van der Waals surface area contributed by atoms with Crippen LogP contribution in [0.1, 0.15) is 5.56 Å². The van der Waals surface area contributed by atoms with Crippen LogP contribution in [0.25, 0.3) is 0 Å². The molecule has 9 heteroatoms. The molecule has 0 unspecified atom stereocenters. The van der Waals surface area contributed by atoms with Crippen LogP contribution in [-0.2, 0) is 15.8 Å². The van der Waals surface area contributed by atoms with Gasteiger partial charge in [0.25, 0.3) is 5.69 Å². The first kappa shape index (κ1) is 15.2. The monoisotopic (exact) mass is 327 g/mol. The fourth-order valence-electron chi connectivity index (χ4n) is 1.61. The van der Waals surface area contributed by atoms with E-state index in [1.54, 1.807) is 0 Å². The van der Waals surface area contributed by atoms with Crippen molar-refractivity contribution in [2.45, 2.75) is 5.75 Å². The molecule has 21 heavy (non-hydrogen) atoms. The van der Waals surface area contributed by atoms with Crippen LogP contribution in [0.2, 0.25) is 5.15 Å². The Morgan fingerprint density at radius 2 is 1.90 bits per heavy atom. The Bertz CT molecular complexity index is 762. The van der Waals surface area contributed by atoms with Gasteiger partial charge in [0, 0.05) is 18.3 Å². The van der Waals surface area contributed by atoms with Crippen LogP contribution in [0.3, 0.4) is 0 Å². The molecule has 1 N–H and O–H groups in total. The zero-order chi connectivity index (χ0) is 15.5. The molecule has 0 aliphatic heterocycles. The van der Waals surface area contributed by atoms with E-state index in [0.29, 0.717) is 11.3 Å². The number of aromatic nitrogens is 1. The molecular formula is C12H10ClN3O4S. The molecule has 7 nitrogen and oxygen atoms in total. The minimum atomic E-state index is -3.64. The summed E-state index contributed by atoms with van der Waals surface area (Å²) in [7, 11) is -3.64. The molecule has 0 aliphatic carbocycles. The van der Waals surface area contributed by atoms with E-state index < -0.39 is 14.9 Å². The fourth-order valence-corrected chi connectivity index (χ4v) is 2.98. The van der Waals surface area contributed by atoms with Crippen molar-refractivity contribution >= 4 is 33.0 Å². The van der Waals surface area contributed by atoms with Crippen molar-refractivity contribution in [2.75, 3.05) is 4.72 Å². The number of non-ortho nitro benzene ring substituents is 1. The fraction of sp³-hybridized carbons (Fsp3) is 0.0833. The quantitative estimate of drug-likeness (QED) is 0.516. The second-order valence-corrected chi connectivity index (χ2v) is 6.26. The van der Waals surface area contributed by atoms with E-state index in [0.717, 1.165) is 0 Å². The summed E-state index contributed by atoms with van der Waals surface area (Å²) < 4.78 is 26.3. The molecule has 0 bridgehead atoms. The third-order valence-electron chi connectivity index (χ3n) is 2.50. The predicted octanol–water partition coefficient (Wildman–Crippen LogP) is 2.59. The molecule has 0 radical (unpaired) electrons. The highest BCUT2D eigenvalue weighted by molar-refractivity contribution is 7.91. The van der Waals surface area contributed by atoms with Gasteiger partial charge in [0.2, 0.25) is 10.0 Å². The number of nitrogens with zero attached hydrogens (tertiary/aromatic N) is 2.